The highest BCUT2D eigenvalue weighted by molar-refractivity contribution is 7.80. The molecule has 0 fully saturated rings. The fraction of sp³-hybridized carbons (Fsp3) is 0.435. The zero-order valence-corrected chi connectivity index (χ0v) is 18.6. The van der Waals surface area contributed by atoms with Crippen molar-refractivity contribution in [3.63, 3.8) is 0 Å². The van der Waals surface area contributed by atoms with Gasteiger partial charge in [-0.25, -0.2) is 0 Å². The standard InChI is InChI=1S/C23H32N2O3S/c1-5-27-22(28-6-2)17-25(15-14-19-10-8-7-9-11-19)23(29)24-21-13-12-20(26-4)16-18(21)3/h7-13,16,22H,5-6,14-15,17H2,1-4H3,(H,24,29). The number of thiocarbonyl (C=S) groups is 1. The molecule has 1 N–H and O–H groups in total. The molecule has 0 aliphatic rings. The lowest BCUT2D eigenvalue weighted by molar-refractivity contribution is -0.141. The molecule has 0 unspecified atom stereocenters. The van der Waals surface area contributed by atoms with Gasteiger partial charge in [-0.15, -0.1) is 0 Å². The van der Waals surface area contributed by atoms with Gasteiger partial charge in [-0.05, 0) is 68.7 Å². The van der Waals surface area contributed by atoms with Gasteiger partial charge < -0.3 is 24.4 Å². The molecule has 0 atom stereocenters. The summed E-state index contributed by atoms with van der Waals surface area (Å²) in [4.78, 5) is 2.11. The summed E-state index contributed by atoms with van der Waals surface area (Å²) in [6.45, 7) is 8.49. The van der Waals surface area contributed by atoms with Crippen LogP contribution in [0.4, 0.5) is 5.69 Å². The van der Waals surface area contributed by atoms with E-state index in [2.05, 4.69) is 34.5 Å². The normalized spacial score (nSPS) is 10.8. The minimum absolute atomic E-state index is 0.322. The van der Waals surface area contributed by atoms with Crippen molar-refractivity contribution in [2.75, 3.05) is 38.7 Å². The Balaban J connectivity index is 2.12. The van der Waals surface area contributed by atoms with Crippen LogP contribution in [0, 0.1) is 6.92 Å². The molecule has 2 aromatic rings. The smallest absolute Gasteiger partial charge is 0.174 e. The molecule has 0 saturated heterocycles. The second-order valence-corrected chi connectivity index (χ2v) is 7.02. The Morgan fingerprint density at radius 3 is 2.34 bits per heavy atom. The molecule has 2 aromatic carbocycles. The van der Waals surface area contributed by atoms with E-state index >= 15 is 0 Å². The summed E-state index contributed by atoms with van der Waals surface area (Å²) in [6, 6.07) is 16.3. The van der Waals surface area contributed by atoms with E-state index in [-0.39, 0.29) is 6.29 Å². The number of methoxy groups -OCH3 is 1. The monoisotopic (exact) mass is 416 g/mol. The highest BCUT2D eigenvalue weighted by atomic mass is 32.1. The number of nitrogens with zero attached hydrogens (tertiary/aromatic N) is 1. The number of hydrogen-bond donors (Lipinski definition) is 1. The molecule has 0 bridgehead atoms. The Bertz CT molecular complexity index is 749. The van der Waals surface area contributed by atoms with Crippen LogP contribution in [0.3, 0.4) is 0 Å². The molecule has 5 nitrogen and oxygen atoms in total. The Morgan fingerprint density at radius 1 is 1.07 bits per heavy atom. The molecule has 0 amide bonds. The van der Waals surface area contributed by atoms with Gasteiger partial charge >= 0.3 is 0 Å². The van der Waals surface area contributed by atoms with Gasteiger partial charge in [0.2, 0.25) is 0 Å². The fourth-order valence-corrected chi connectivity index (χ4v) is 3.26. The van der Waals surface area contributed by atoms with Crippen LogP contribution in [0.1, 0.15) is 25.0 Å². The summed E-state index contributed by atoms with van der Waals surface area (Å²) >= 11 is 5.75. The average molecular weight is 417 g/mol. The van der Waals surface area contributed by atoms with Crippen molar-refractivity contribution in [1.29, 1.82) is 0 Å². The van der Waals surface area contributed by atoms with Gasteiger partial charge in [0.1, 0.15) is 5.75 Å². The van der Waals surface area contributed by atoms with Gasteiger partial charge in [-0.3, -0.25) is 0 Å². The summed E-state index contributed by atoms with van der Waals surface area (Å²) in [5.41, 5.74) is 3.30. The van der Waals surface area contributed by atoms with Crippen molar-refractivity contribution < 1.29 is 14.2 Å². The van der Waals surface area contributed by atoms with E-state index in [4.69, 9.17) is 26.4 Å². The number of benzene rings is 2. The molecule has 0 aliphatic heterocycles. The molecule has 0 aliphatic carbocycles. The third-order valence-electron chi connectivity index (χ3n) is 4.55. The Labute approximate surface area is 180 Å². The number of nitrogens with one attached hydrogen (secondary N) is 1. The molecular formula is C23H32N2O3S. The van der Waals surface area contributed by atoms with E-state index in [0.717, 1.165) is 30.0 Å². The predicted octanol–water partition coefficient (Wildman–Crippen LogP) is 4.64. The highest BCUT2D eigenvalue weighted by Gasteiger charge is 2.18. The number of anilines is 1. The lowest BCUT2D eigenvalue weighted by Crippen LogP contribution is -2.43. The van der Waals surface area contributed by atoms with Crippen LogP contribution in [0.2, 0.25) is 0 Å². The van der Waals surface area contributed by atoms with E-state index in [9.17, 15) is 0 Å². The van der Waals surface area contributed by atoms with Crippen LogP contribution < -0.4 is 10.1 Å². The van der Waals surface area contributed by atoms with Crippen LogP contribution in [0.5, 0.6) is 5.75 Å². The quantitative estimate of drug-likeness (QED) is 0.425. The zero-order chi connectivity index (χ0) is 21.1. The maximum Gasteiger partial charge on any atom is 0.174 e. The Kier molecular flexibility index (Phi) is 9.91. The molecular weight excluding hydrogens is 384 g/mol. The van der Waals surface area contributed by atoms with Crippen molar-refractivity contribution >= 4 is 23.0 Å². The number of aryl methyl sites for hydroxylation is 1. The van der Waals surface area contributed by atoms with Crippen molar-refractivity contribution in [2.45, 2.75) is 33.5 Å². The predicted molar refractivity (Wildman–Crippen MR) is 123 cm³/mol. The third kappa shape index (κ3) is 7.65. The van der Waals surface area contributed by atoms with Gasteiger partial charge in [0.25, 0.3) is 0 Å². The first-order valence-corrected chi connectivity index (χ1v) is 10.5. The van der Waals surface area contributed by atoms with E-state index < -0.39 is 0 Å². The minimum Gasteiger partial charge on any atom is -0.497 e. The third-order valence-corrected chi connectivity index (χ3v) is 4.91. The summed E-state index contributed by atoms with van der Waals surface area (Å²) in [7, 11) is 1.67. The lowest BCUT2D eigenvalue weighted by Gasteiger charge is -2.30. The van der Waals surface area contributed by atoms with Crippen LogP contribution in [-0.4, -0.2) is 49.7 Å². The maximum atomic E-state index is 5.75. The maximum absolute atomic E-state index is 5.75. The molecule has 0 aromatic heterocycles. The van der Waals surface area contributed by atoms with Crippen molar-refractivity contribution in [3.8, 4) is 5.75 Å². The Hall–Kier alpha value is -2.15. The zero-order valence-electron chi connectivity index (χ0n) is 17.8. The summed E-state index contributed by atoms with van der Waals surface area (Å²) in [5.74, 6) is 0.827. The first-order valence-electron chi connectivity index (χ1n) is 10.0. The Morgan fingerprint density at radius 2 is 1.76 bits per heavy atom. The lowest BCUT2D eigenvalue weighted by atomic mass is 10.1. The molecule has 2 rings (SSSR count). The number of hydrogen-bond acceptors (Lipinski definition) is 4. The van der Waals surface area contributed by atoms with Crippen molar-refractivity contribution in [1.82, 2.24) is 4.90 Å². The molecule has 158 valence electrons. The largest absolute Gasteiger partial charge is 0.497 e. The van der Waals surface area contributed by atoms with E-state index in [1.165, 1.54) is 5.56 Å². The van der Waals surface area contributed by atoms with Gasteiger partial charge in [-0.2, -0.15) is 0 Å². The van der Waals surface area contributed by atoms with Crippen molar-refractivity contribution in [2.24, 2.45) is 0 Å². The van der Waals surface area contributed by atoms with Crippen molar-refractivity contribution in [3.05, 3.63) is 59.7 Å². The van der Waals surface area contributed by atoms with Crippen LogP contribution in [-0.2, 0) is 15.9 Å². The molecule has 0 saturated carbocycles. The average Bonchev–Trinajstić information content (AvgIpc) is 2.73. The first kappa shape index (κ1) is 23.1. The van der Waals surface area contributed by atoms with Gasteiger partial charge in [-0.1, -0.05) is 30.3 Å². The van der Waals surface area contributed by atoms with E-state index in [1.807, 2.05) is 45.0 Å². The van der Waals surface area contributed by atoms with Crippen LogP contribution in [0.15, 0.2) is 48.5 Å². The first-order chi connectivity index (χ1) is 14.1. The van der Waals surface area contributed by atoms with Gasteiger partial charge in [0, 0.05) is 25.4 Å². The SMILES string of the molecule is CCOC(CN(CCc1ccccc1)C(=S)Nc1ccc(OC)cc1C)OCC. The van der Waals surface area contributed by atoms with Crippen LogP contribution >= 0.6 is 12.2 Å². The molecule has 0 radical (unpaired) electrons. The van der Waals surface area contributed by atoms with Gasteiger partial charge in [0.05, 0.1) is 13.7 Å². The van der Waals surface area contributed by atoms with E-state index in [1.54, 1.807) is 7.11 Å². The molecule has 0 spiro atoms. The number of ether oxygens (including phenoxy) is 3. The highest BCUT2D eigenvalue weighted by Crippen LogP contribution is 2.21. The fourth-order valence-electron chi connectivity index (χ4n) is 2.99. The van der Waals surface area contributed by atoms with E-state index in [0.29, 0.717) is 24.9 Å². The molecule has 6 heteroatoms. The summed E-state index contributed by atoms with van der Waals surface area (Å²) in [5, 5.41) is 4.03. The number of rotatable bonds is 11. The van der Waals surface area contributed by atoms with Gasteiger partial charge in [0.15, 0.2) is 11.4 Å². The second-order valence-electron chi connectivity index (χ2n) is 6.63. The minimum atomic E-state index is -0.322. The molecule has 29 heavy (non-hydrogen) atoms. The molecule has 0 heterocycles. The summed E-state index contributed by atoms with van der Waals surface area (Å²) < 4.78 is 16.8. The summed E-state index contributed by atoms with van der Waals surface area (Å²) in [6.07, 6.45) is 0.562. The van der Waals surface area contributed by atoms with Crippen LogP contribution in [0.25, 0.3) is 0 Å². The second kappa shape index (κ2) is 12.4. The topological polar surface area (TPSA) is 43.0 Å².